The molecule has 108 valence electrons. The molecule has 0 saturated carbocycles. The van der Waals surface area contributed by atoms with Crippen LogP contribution in [0.15, 0.2) is 18.2 Å². The van der Waals surface area contributed by atoms with Gasteiger partial charge in [0, 0.05) is 18.0 Å². The van der Waals surface area contributed by atoms with E-state index in [0.29, 0.717) is 5.92 Å². The Morgan fingerprint density at radius 3 is 2.47 bits per heavy atom. The quantitative estimate of drug-likeness (QED) is 0.803. The Bertz CT molecular complexity index is 412. The fraction of sp³-hybridized carbons (Fsp3) is 0.625. The highest BCUT2D eigenvalue weighted by atomic mass is 35.5. The Labute approximate surface area is 121 Å². The van der Waals surface area contributed by atoms with E-state index in [1.807, 2.05) is 12.1 Å². The summed E-state index contributed by atoms with van der Waals surface area (Å²) in [6, 6.07) is 5.28. The summed E-state index contributed by atoms with van der Waals surface area (Å²) < 4.78 is 14.2. The van der Waals surface area contributed by atoms with Crippen LogP contribution in [0.2, 0.25) is 5.02 Å². The summed E-state index contributed by atoms with van der Waals surface area (Å²) in [4.78, 5) is 0. The van der Waals surface area contributed by atoms with Gasteiger partial charge in [0.1, 0.15) is 5.82 Å². The van der Waals surface area contributed by atoms with Gasteiger partial charge in [0.25, 0.3) is 0 Å². The highest BCUT2D eigenvalue weighted by Crippen LogP contribution is 2.31. The average molecular weight is 286 g/mol. The van der Waals surface area contributed by atoms with E-state index >= 15 is 0 Å². The van der Waals surface area contributed by atoms with Crippen molar-refractivity contribution in [3.63, 3.8) is 0 Å². The predicted octanol–water partition coefficient (Wildman–Crippen LogP) is 5.00. The molecule has 0 amide bonds. The Morgan fingerprint density at radius 2 is 1.95 bits per heavy atom. The molecule has 3 heteroatoms. The smallest absolute Gasteiger partial charge is 0.145 e. The molecule has 0 saturated heterocycles. The van der Waals surface area contributed by atoms with Gasteiger partial charge >= 0.3 is 0 Å². The first kappa shape index (κ1) is 16.5. The summed E-state index contributed by atoms with van der Waals surface area (Å²) in [5, 5.41) is 3.68. The largest absolute Gasteiger partial charge is 0.311 e. The first-order valence-electron chi connectivity index (χ1n) is 6.95. The van der Waals surface area contributed by atoms with Crippen LogP contribution in [0.25, 0.3) is 0 Å². The number of nitrogens with one attached hydrogen (secondary N) is 1. The zero-order valence-corrected chi connectivity index (χ0v) is 13.3. The Kier molecular flexibility index (Phi) is 5.82. The van der Waals surface area contributed by atoms with Gasteiger partial charge in [-0.3, -0.25) is 0 Å². The maximum Gasteiger partial charge on any atom is 0.145 e. The molecule has 19 heavy (non-hydrogen) atoms. The number of halogens is 2. The van der Waals surface area contributed by atoms with E-state index in [1.165, 1.54) is 0 Å². The van der Waals surface area contributed by atoms with Crippen molar-refractivity contribution >= 4 is 11.6 Å². The van der Waals surface area contributed by atoms with Gasteiger partial charge in [-0.2, -0.15) is 0 Å². The first-order chi connectivity index (χ1) is 8.76. The molecule has 1 nitrogen and oxygen atoms in total. The van der Waals surface area contributed by atoms with Crippen LogP contribution >= 0.6 is 11.6 Å². The first-order valence-corrected chi connectivity index (χ1v) is 7.33. The summed E-state index contributed by atoms with van der Waals surface area (Å²) in [6.07, 6.45) is 1.02. The Hall–Kier alpha value is -0.600. The van der Waals surface area contributed by atoms with Gasteiger partial charge in [-0.05, 0) is 38.3 Å². The van der Waals surface area contributed by atoms with E-state index in [2.05, 4.69) is 39.9 Å². The van der Waals surface area contributed by atoms with Crippen molar-refractivity contribution in [3.8, 4) is 0 Å². The number of hydrogen-bond donors (Lipinski definition) is 1. The summed E-state index contributed by atoms with van der Waals surface area (Å²) >= 11 is 5.90. The standard InChI is InChI=1S/C16H25ClFN/c1-6-11(2)13(10-19-16(3,4)5)12-8-7-9-14(17)15(12)18/h7-9,11,13,19H,6,10H2,1-5H3. The van der Waals surface area contributed by atoms with Crippen molar-refractivity contribution in [1.29, 1.82) is 0 Å². The number of benzene rings is 1. The van der Waals surface area contributed by atoms with Crippen LogP contribution in [0, 0.1) is 11.7 Å². The molecule has 0 fully saturated rings. The summed E-state index contributed by atoms with van der Waals surface area (Å²) in [5.41, 5.74) is 0.749. The van der Waals surface area contributed by atoms with Crippen molar-refractivity contribution in [2.24, 2.45) is 5.92 Å². The molecular weight excluding hydrogens is 261 g/mol. The van der Waals surface area contributed by atoms with E-state index in [-0.39, 0.29) is 22.3 Å². The molecule has 0 spiro atoms. The second-order valence-corrected chi connectivity index (χ2v) is 6.67. The molecule has 1 aromatic rings. The van der Waals surface area contributed by atoms with Gasteiger partial charge in [0.2, 0.25) is 0 Å². The van der Waals surface area contributed by atoms with E-state index in [4.69, 9.17) is 11.6 Å². The lowest BCUT2D eigenvalue weighted by Crippen LogP contribution is -2.39. The van der Waals surface area contributed by atoms with Crippen molar-refractivity contribution in [3.05, 3.63) is 34.6 Å². The molecule has 0 aliphatic rings. The lowest BCUT2D eigenvalue weighted by molar-refractivity contribution is 0.350. The SMILES string of the molecule is CCC(C)C(CNC(C)(C)C)c1cccc(Cl)c1F. The highest BCUT2D eigenvalue weighted by Gasteiger charge is 2.24. The number of hydrogen-bond acceptors (Lipinski definition) is 1. The third kappa shape index (κ3) is 4.77. The van der Waals surface area contributed by atoms with Crippen LogP contribution in [-0.2, 0) is 0 Å². The second kappa shape index (κ2) is 6.71. The van der Waals surface area contributed by atoms with Crippen LogP contribution in [0.1, 0.15) is 52.5 Å². The molecule has 0 aromatic heterocycles. The monoisotopic (exact) mass is 285 g/mol. The summed E-state index contributed by atoms with van der Waals surface area (Å²) in [7, 11) is 0. The molecular formula is C16H25ClFN. The molecule has 1 rings (SSSR count). The van der Waals surface area contributed by atoms with Crippen molar-refractivity contribution in [1.82, 2.24) is 5.32 Å². The fourth-order valence-corrected chi connectivity index (χ4v) is 2.31. The summed E-state index contributed by atoms with van der Waals surface area (Å²) in [6.45, 7) is 11.4. The van der Waals surface area contributed by atoms with E-state index in [9.17, 15) is 4.39 Å². The van der Waals surface area contributed by atoms with Crippen LogP contribution in [0.3, 0.4) is 0 Å². The third-order valence-corrected chi connectivity index (χ3v) is 3.86. The maximum absolute atomic E-state index is 14.2. The molecule has 0 bridgehead atoms. The lowest BCUT2D eigenvalue weighted by atomic mass is 9.84. The molecule has 0 heterocycles. The topological polar surface area (TPSA) is 12.0 Å². The van der Waals surface area contributed by atoms with E-state index in [0.717, 1.165) is 18.5 Å². The fourth-order valence-electron chi connectivity index (χ4n) is 2.13. The molecule has 1 aromatic carbocycles. The maximum atomic E-state index is 14.2. The van der Waals surface area contributed by atoms with Gasteiger partial charge in [-0.25, -0.2) is 4.39 Å². The van der Waals surface area contributed by atoms with Crippen LogP contribution in [0.5, 0.6) is 0 Å². The average Bonchev–Trinajstić information content (AvgIpc) is 2.32. The Morgan fingerprint density at radius 1 is 1.32 bits per heavy atom. The van der Waals surface area contributed by atoms with Gasteiger partial charge in [-0.1, -0.05) is 44.0 Å². The van der Waals surface area contributed by atoms with Gasteiger partial charge in [-0.15, -0.1) is 0 Å². The molecule has 0 aliphatic carbocycles. The van der Waals surface area contributed by atoms with Crippen molar-refractivity contribution < 1.29 is 4.39 Å². The minimum Gasteiger partial charge on any atom is -0.311 e. The van der Waals surface area contributed by atoms with Gasteiger partial charge in [0.15, 0.2) is 0 Å². The van der Waals surface area contributed by atoms with E-state index < -0.39 is 0 Å². The molecule has 2 unspecified atom stereocenters. The predicted molar refractivity (Wildman–Crippen MR) is 81.4 cm³/mol. The zero-order valence-electron chi connectivity index (χ0n) is 12.6. The molecule has 2 atom stereocenters. The van der Waals surface area contributed by atoms with Crippen LogP contribution in [-0.4, -0.2) is 12.1 Å². The normalized spacial score (nSPS) is 15.3. The minimum atomic E-state index is -0.273. The van der Waals surface area contributed by atoms with E-state index in [1.54, 1.807) is 6.07 Å². The van der Waals surface area contributed by atoms with Crippen molar-refractivity contribution in [2.75, 3.05) is 6.54 Å². The van der Waals surface area contributed by atoms with Gasteiger partial charge < -0.3 is 5.32 Å². The van der Waals surface area contributed by atoms with Crippen LogP contribution in [0.4, 0.5) is 4.39 Å². The minimum absolute atomic E-state index is 0.0285. The van der Waals surface area contributed by atoms with Gasteiger partial charge in [0.05, 0.1) is 5.02 Å². The zero-order chi connectivity index (χ0) is 14.6. The second-order valence-electron chi connectivity index (χ2n) is 6.27. The van der Waals surface area contributed by atoms with Crippen LogP contribution < -0.4 is 5.32 Å². The molecule has 0 aliphatic heterocycles. The summed E-state index contributed by atoms with van der Waals surface area (Å²) in [5.74, 6) is 0.274. The third-order valence-electron chi connectivity index (χ3n) is 3.56. The number of rotatable bonds is 5. The highest BCUT2D eigenvalue weighted by molar-refractivity contribution is 6.30. The lowest BCUT2D eigenvalue weighted by Gasteiger charge is -2.29. The Balaban J connectivity index is 3.00. The van der Waals surface area contributed by atoms with Crippen molar-refractivity contribution in [2.45, 2.75) is 52.5 Å². The molecule has 0 radical (unpaired) electrons. The molecule has 1 N–H and O–H groups in total.